The summed E-state index contributed by atoms with van der Waals surface area (Å²) >= 11 is 0. The Morgan fingerprint density at radius 1 is 1.00 bits per heavy atom. The Morgan fingerprint density at radius 2 is 1.53 bits per heavy atom. The van der Waals surface area contributed by atoms with Gasteiger partial charge in [0.1, 0.15) is 11.6 Å². The van der Waals surface area contributed by atoms with Crippen molar-refractivity contribution in [2.75, 3.05) is 33.2 Å². The van der Waals surface area contributed by atoms with E-state index in [1.807, 2.05) is 12.1 Å². The lowest BCUT2D eigenvalue weighted by Crippen LogP contribution is -2.43. The molecule has 1 heterocycles. The van der Waals surface area contributed by atoms with E-state index in [4.69, 9.17) is 4.74 Å². The van der Waals surface area contributed by atoms with Crippen molar-refractivity contribution in [3.05, 3.63) is 59.7 Å². The highest BCUT2D eigenvalue weighted by Crippen LogP contribution is 2.22. The summed E-state index contributed by atoms with van der Waals surface area (Å²) < 4.78 is 5.24. The van der Waals surface area contributed by atoms with Gasteiger partial charge < -0.3 is 15.0 Å². The Bertz CT molecular complexity index is 918. The molecule has 1 aliphatic heterocycles. The van der Waals surface area contributed by atoms with Crippen LogP contribution >= 0.6 is 0 Å². The molecule has 32 heavy (non-hydrogen) atoms. The van der Waals surface area contributed by atoms with Crippen LogP contribution < -0.4 is 5.32 Å². The van der Waals surface area contributed by atoms with Gasteiger partial charge in [0.25, 0.3) is 0 Å². The molecule has 2 aromatic carbocycles. The normalized spacial score (nSPS) is 16.2. The van der Waals surface area contributed by atoms with E-state index in [9.17, 15) is 10.1 Å². The quantitative estimate of drug-likeness (QED) is 0.743. The molecule has 1 amide bonds. The number of amides is 1. The molecule has 0 spiro atoms. The maximum Gasteiger partial charge on any atom is 0.408 e. The minimum atomic E-state index is -0.635. The largest absolute Gasteiger partial charge is 0.444 e. The molecule has 1 saturated heterocycles. The zero-order valence-electron chi connectivity index (χ0n) is 19.6. The third-order valence-electron chi connectivity index (χ3n) is 5.53. The van der Waals surface area contributed by atoms with Crippen LogP contribution in [0.5, 0.6) is 0 Å². The third kappa shape index (κ3) is 7.37. The number of carbonyl (C=O) groups is 1. The summed E-state index contributed by atoms with van der Waals surface area (Å²) in [4.78, 5) is 16.8. The number of hydrogen-bond donors (Lipinski definition) is 1. The number of piperazine rings is 1. The molecule has 1 aliphatic rings. The van der Waals surface area contributed by atoms with Gasteiger partial charge in [0.2, 0.25) is 0 Å². The molecule has 6 nitrogen and oxygen atoms in total. The molecule has 0 saturated carbocycles. The van der Waals surface area contributed by atoms with Crippen molar-refractivity contribution < 1.29 is 9.53 Å². The van der Waals surface area contributed by atoms with Gasteiger partial charge in [-0.3, -0.25) is 4.90 Å². The summed E-state index contributed by atoms with van der Waals surface area (Å²) in [6.07, 6.45) is -0.141. The number of rotatable bonds is 6. The lowest BCUT2D eigenvalue weighted by molar-refractivity contribution is 0.0516. The minimum Gasteiger partial charge on any atom is -0.444 e. The van der Waals surface area contributed by atoms with Gasteiger partial charge in [-0.1, -0.05) is 48.5 Å². The Labute approximate surface area is 191 Å². The second-order valence-electron chi connectivity index (χ2n) is 9.51. The molecule has 0 radical (unpaired) electrons. The summed E-state index contributed by atoms with van der Waals surface area (Å²) in [6.45, 7) is 10.9. The summed E-state index contributed by atoms with van der Waals surface area (Å²) in [5.74, 6) is 0. The minimum absolute atomic E-state index is 0.431. The summed E-state index contributed by atoms with van der Waals surface area (Å²) in [6, 6.07) is 18.4. The Morgan fingerprint density at radius 3 is 2.03 bits per heavy atom. The first kappa shape index (κ1) is 23.8. The fourth-order valence-corrected chi connectivity index (χ4v) is 3.71. The molecule has 6 heteroatoms. The molecule has 1 atom stereocenters. The molecule has 0 bridgehead atoms. The molecule has 1 fully saturated rings. The maximum atomic E-state index is 11.9. The number of alkyl carbamates (subject to hydrolysis) is 1. The molecule has 0 aliphatic carbocycles. The topological polar surface area (TPSA) is 68.6 Å². The highest BCUT2D eigenvalue weighted by Gasteiger charge is 2.19. The number of carbonyl (C=O) groups excluding carboxylic acids is 1. The van der Waals surface area contributed by atoms with Crippen molar-refractivity contribution in [1.29, 1.82) is 5.26 Å². The average molecular weight is 435 g/mol. The average Bonchev–Trinajstić information content (AvgIpc) is 2.75. The first-order valence-electron chi connectivity index (χ1n) is 11.2. The SMILES string of the molecule is CN1CCN(Cc2ccc(-c3ccc(C[C@@H](C#N)NC(=O)OC(C)(C)C)cc3)cc2)CC1. The van der Waals surface area contributed by atoms with Crippen molar-refractivity contribution in [2.45, 2.75) is 45.4 Å². The van der Waals surface area contributed by atoms with E-state index in [0.717, 1.165) is 43.9 Å². The Kier molecular flexibility index (Phi) is 7.89. The van der Waals surface area contributed by atoms with Crippen LogP contribution in [-0.4, -0.2) is 60.8 Å². The van der Waals surface area contributed by atoms with Crippen LogP contribution in [0.25, 0.3) is 11.1 Å². The van der Waals surface area contributed by atoms with Crippen molar-refractivity contribution >= 4 is 6.09 Å². The van der Waals surface area contributed by atoms with Gasteiger partial charge >= 0.3 is 6.09 Å². The first-order chi connectivity index (χ1) is 15.2. The fraction of sp³-hybridized carbons (Fsp3) is 0.462. The number of ether oxygens (including phenoxy) is 1. The second kappa shape index (κ2) is 10.6. The van der Waals surface area contributed by atoms with Gasteiger partial charge in [0.15, 0.2) is 0 Å². The summed E-state index contributed by atoms with van der Waals surface area (Å²) in [5.41, 5.74) is 4.03. The van der Waals surface area contributed by atoms with E-state index in [2.05, 4.69) is 64.6 Å². The van der Waals surface area contributed by atoms with Gasteiger partial charge in [-0.15, -0.1) is 0 Å². The standard InChI is InChI=1S/C26H34N4O2/c1-26(2,3)32-25(31)28-24(18-27)17-20-5-9-22(10-6-20)23-11-7-21(8-12-23)19-30-15-13-29(4)14-16-30/h5-12,24H,13-17,19H2,1-4H3,(H,28,31)/t24-/m0/s1. The zero-order chi connectivity index (χ0) is 23.1. The number of nitriles is 1. The molecule has 0 aromatic heterocycles. The predicted molar refractivity (Wildman–Crippen MR) is 127 cm³/mol. The molecule has 3 rings (SSSR count). The van der Waals surface area contributed by atoms with E-state index < -0.39 is 17.7 Å². The summed E-state index contributed by atoms with van der Waals surface area (Å²) in [5, 5.41) is 12.0. The first-order valence-corrected chi connectivity index (χ1v) is 11.2. The highest BCUT2D eigenvalue weighted by molar-refractivity contribution is 5.68. The number of hydrogen-bond acceptors (Lipinski definition) is 5. The van der Waals surface area contributed by atoms with E-state index in [1.165, 1.54) is 11.1 Å². The molecule has 2 aromatic rings. The van der Waals surface area contributed by atoms with E-state index in [0.29, 0.717) is 6.42 Å². The Balaban J connectivity index is 1.55. The van der Waals surface area contributed by atoms with Crippen LogP contribution in [0.3, 0.4) is 0 Å². The van der Waals surface area contributed by atoms with Crippen LogP contribution in [0.1, 0.15) is 31.9 Å². The van der Waals surface area contributed by atoms with E-state index in [1.54, 1.807) is 20.8 Å². The highest BCUT2D eigenvalue weighted by atomic mass is 16.6. The maximum absolute atomic E-state index is 11.9. The fourth-order valence-electron chi connectivity index (χ4n) is 3.71. The van der Waals surface area contributed by atoms with E-state index >= 15 is 0 Å². The Hall–Kier alpha value is -2.88. The van der Waals surface area contributed by atoms with Crippen molar-refractivity contribution in [2.24, 2.45) is 0 Å². The lowest BCUT2D eigenvalue weighted by atomic mass is 10.00. The van der Waals surface area contributed by atoms with Gasteiger partial charge in [0.05, 0.1) is 6.07 Å². The van der Waals surface area contributed by atoms with Crippen molar-refractivity contribution in [3.63, 3.8) is 0 Å². The predicted octanol–water partition coefficient (Wildman–Crippen LogP) is 4.06. The smallest absolute Gasteiger partial charge is 0.408 e. The monoisotopic (exact) mass is 434 g/mol. The van der Waals surface area contributed by atoms with Crippen LogP contribution in [0.15, 0.2) is 48.5 Å². The second-order valence-corrected chi connectivity index (χ2v) is 9.51. The lowest BCUT2D eigenvalue weighted by Gasteiger charge is -2.32. The molecular weight excluding hydrogens is 400 g/mol. The van der Waals surface area contributed by atoms with Crippen LogP contribution in [0.4, 0.5) is 4.79 Å². The van der Waals surface area contributed by atoms with Gasteiger partial charge in [0, 0.05) is 39.1 Å². The zero-order valence-corrected chi connectivity index (χ0v) is 19.6. The van der Waals surface area contributed by atoms with Crippen LogP contribution in [0, 0.1) is 11.3 Å². The van der Waals surface area contributed by atoms with Crippen molar-refractivity contribution in [1.82, 2.24) is 15.1 Å². The number of benzene rings is 2. The molecule has 0 unspecified atom stereocenters. The van der Waals surface area contributed by atoms with Crippen molar-refractivity contribution in [3.8, 4) is 17.2 Å². The molecule has 1 N–H and O–H groups in total. The van der Waals surface area contributed by atoms with Gasteiger partial charge in [-0.25, -0.2) is 4.79 Å². The third-order valence-corrected chi connectivity index (χ3v) is 5.53. The molecular formula is C26H34N4O2. The van der Waals surface area contributed by atoms with Gasteiger partial charge in [-0.05, 0) is 50.1 Å². The van der Waals surface area contributed by atoms with Gasteiger partial charge in [-0.2, -0.15) is 5.26 Å². The van der Waals surface area contributed by atoms with Crippen LogP contribution in [-0.2, 0) is 17.7 Å². The van der Waals surface area contributed by atoms with E-state index in [-0.39, 0.29) is 0 Å². The molecule has 170 valence electrons. The number of nitrogens with one attached hydrogen (secondary N) is 1. The summed E-state index contributed by atoms with van der Waals surface area (Å²) in [7, 11) is 2.18. The number of likely N-dealkylation sites (N-methyl/N-ethyl adjacent to an activating group) is 1. The van der Waals surface area contributed by atoms with Crippen LogP contribution in [0.2, 0.25) is 0 Å². The number of nitrogens with zero attached hydrogens (tertiary/aromatic N) is 3.